The van der Waals surface area contributed by atoms with Crippen molar-refractivity contribution >= 4 is 11.6 Å². The average Bonchev–Trinajstić information content (AvgIpc) is 2.94. The van der Waals surface area contributed by atoms with Crippen LogP contribution in [0.1, 0.15) is 26.2 Å². The van der Waals surface area contributed by atoms with E-state index >= 15 is 0 Å². The summed E-state index contributed by atoms with van der Waals surface area (Å²) in [7, 11) is 1.49. The van der Waals surface area contributed by atoms with Gasteiger partial charge < -0.3 is 14.6 Å². The van der Waals surface area contributed by atoms with E-state index in [0.29, 0.717) is 18.6 Å². The van der Waals surface area contributed by atoms with E-state index in [-0.39, 0.29) is 28.8 Å². The van der Waals surface area contributed by atoms with Crippen molar-refractivity contribution < 1.29 is 32.5 Å². The molecule has 0 saturated heterocycles. The molecule has 3 atom stereocenters. The maximum atomic E-state index is 13.7. The summed E-state index contributed by atoms with van der Waals surface area (Å²) >= 11 is 0. The number of carbonyl (C=O) groups is 1. The number of carbonyl (C=O) groups excluding carboxylic acids is 1. The van der Waals surface area contributed by atoms with Gasteiger partial charge in [0.15, 0.2) is 6.61 Å². The Morgan fingerprint density at radius 3 is 2.56 bits per heavy atom. The number of rotatable bonds is 4. The van der Waals surface area contributed by atoms with Gasteiger partial charge in [-0.15, -0.1) is 0 Å². The largest absolute Gasteiger partial charge is 0.497 e. The Balaban J connectivity index is 1.78. The van der Waals surface area contributed by atoms with Crippen molar-refractivity contribution in [2.24, 2.45) is 16.9 Å². The second kappa shape index (κ2) is 7.03. The number of hydrogen-bond acceptors (Lipinski definition) is 5. The fourth-order valence-corrected chi connectivity index (χ4v) is 3.54. The topological polar surface area (TPSA) is 71.4 Å². The highest BCUT2D eigenvalue weighted by atomic mass is 19.4. The van der Waals surface area contributed by atoms with E-state index in [4.69, 9.17) is 9.47 Å². The summed E-state index contributed by atoms with van der Waals surface area (Å²) in [4.78, 5) is 12.4. The standard InChI is InChI=1S/C18H21F3N2O4/c1-11-3-8-15-14(9-11)17(25,18(19,20)21)23(22-15)16(24)10-27-13-6-4-12(26-2)5-7-13/h4-7,11,14,25H,3,8-10H2,1-2H3/t11-,14+,17-/m0/s1. The second-order valence-corrected chi connectivity index (χ2v) is 6.92. The Bertz CT molecular complexity index is 735. The quantitative estimate of drug-likeness (QED) is 0.864. The molecule has 6 nitrogen and oxygen atoms in total. The van der Waals surface area contributed by atoms with Crippen molar-refractivity contribution in [3.05, 3.63) is 24.3 Å². The predicted molar refractivity (Wildman–Crippen MR) is 90.3 cm³/mol. The molecule has 0 bridgehead atoms. The summed E-state index contributed by atoms with van der Waals surface area (Å²) in [5, 5.41) is 14.5. The highest BCUT2D eigenvalue weighted by molar-refractivity contribution is 5.93. The normalized spacial score (nSPS) is 27.8. The molecule has 1 heterocycles. The number of amides is 1. The molecular formula is C18H21F3N2O4. The lowest BCUT2D eigenvalue weighted by molar-refractivity contribution is -0.318. The molecule has 9 heteroatoms. The molecule has 27 heavy (non-hydrogen) atoms. The predicted octanol–water partition coefficient (Wildman–Crippen LogP) is 2.96. The minimum Gasteiger partial charge on any atom is -0.497 e. The summed E-state index contributed by atoms with van der Waals surface area (Å²) in [6.07, 6.45) is -3.91. The van der Waals surface area contributed by atoms with Crippen molar-refractivity contribution in [2.45, 2.75) is 38.1 Å². The van der Waals surface area contributed by atoms with Crippen molar-refractivity contribution in [3.8, 4) is 11.5 Å². The maximum Gasteiger partial charge on any atom is 0.439 e. The van der Waals surface area contributed by atoms with E-state index in [1.54, 1.807) is 12.1 Å². The van der Waals surface area contributed by atoms with Crippen LogP contribution in [0.5, 0.6) is 11.5 Å². The fourth-order valence-electron chi connectivity index (χ4n) is 3.54. The van der Waals surface area contributed by atoms with Crippen LogP contribution in [0.15, 0.2) is 29.4 Å². The van der Waals surface area contributed by atoms with Gasteiger partial charge in [0.2, 0.25) is 0 Å². The van der Waals surface area contributed by atoms with Gasteiger partial charge >= 0.3 is 6.18 Å². The van der Waals surface area contributed by atoms with Gasteiger partial charge in [-0.1, -0.05) is 6.92 Å². The number of nitrogens with zero attached hydrogens (tertiary/aromatic N) is 2. The molecule has 1 N–H and O–H groups in total. The molecule has 1 aromatic rings. The van der Waals surface area contributed by atoms with Gasteiger partial charge in [0.1, 0.15) is 11.5 Å². The molecule has 0 aromatic heterocycles. The van der Waals surface area contributed by atoms with Crippen LogP contribution in [-0.4, -0.2) is 47.4 Å². The van der Waals surface area contributed by atoms with Gasteiger partial charge in [-0.3, -0.25) is 4.79 Å². The van der Waals surface area contributed by atoms with Crippen molar-refractivity contribution in [1.82, 2.24) is 5.01 Å². The van der Waals surface area contributed by atoms with Gasteiger partial charge in [0.05, 0.1) is 13.0 Å². The number of halogens is 3. The molecule has 1 aliphatic heterocycles. The number of ether oxygens (including phenoxy) is 2. The Morgan fingerprint density at radius 1 is 1.33 bits per heavy atom. The lowest BCUT2D eigenvalue weighted by atomic mass is 9.76. The third-order valence-corrected chi connectivity index (χ3v) is 5.05. The van der Waals surface area contributed by atoms with E-state index in [1.807, 2.05) is 6.92 Å². The summed E-state index contributed by atoms with van der Waals surface area (Å²) in [6.45, 7) is 1.15. The lowest BCUT2D eigenvalue weighted by Gasteiger charge is -2.39. The van der Waals surface area contributed by atoms with Crippen LogP contribution in [0.25, 0.3) is 0 Å². The summed E-state index contributed by atoms with van der Waals surface area (Å²) in [6, 6.07) is 6.24. The van der Waals surface area contributed by atoms with Gasteiger partial charge in [-0.25, -0.2) is 0 Å². The van der Waals surface area contributed by atoms with Crippen molar-refractivity contribution in [1.29, 1.82) is 0 Å². The van der Waals surface area contributed by atoms with Crippen molar-refractivity contribution in [3.63, 3.8) is 0 Å². The first-order valence-electron chi connectivity index (χ1n) is 8.63. The molecule has 1 aromatic carbocycles. The number of hydrogen-bond donors (Lipinski definition) is 1. The van der Waals surface area contributed by atoms with Crippen LogP contribution in [0.4, 0.5) is 13.2 Å². The molecule has 0 spiro atoms. The third kappa shape index (κ3) is 3.47. The molecule has 1 saturated carbocycles. The molecule has 1 fully saturated rings. The van der Waals surface area contributed by atoms with Crippen LogP contribution in [-0.2, 0) is 4.79 Å². The molecule has 3 rings (SSSR count). The van der Waals surface area contributed by atoms with Gasteiger partial charge in [-0.05, 0) is 49.4 Å². The Morgan fingerprint density at radius 2 is 1.96 bits per heavy atom. The van der Waals surface area contributed by atoms with Gasteiger partial charge in [0, 0.05) is 5.71 Å². The van der Waals surface area contributed by atoms with Crippen LogP contribution in [0, 0.1) is 11.8 Å². The van der Waals surface area contributed by atoms with Crippen LogP contribution >= 0.6 is 0 Å². The van der Waals surface area contributed by atoms with Crippen molar-refractivity contribution in [2.75, 3.05) is 13.7 Å². The van der Waals surface area contributed by atoms with E-state index in [0.717, 1.165) is 0 Å². The zero-order chi connectivity index (χ0) is 19.8. The fraction of sp³-hybridized carbons (Fsp3) is 0.556. The van der Waals surface area contributed by atoms with E-state index in [2.05, 4.69) is 5.10 Å². The van der Waals surface area contributed by atoms with E-state index < -0.39 is 30.3 Å². The monoisotopic (exact) mass is 386 g/mol. The number of methoxy groups -OCH3 is 1. The van der Waals surface area contributed by atoms with Gasteiger partial charge in [-0.2, -0.15) is 23.3 Å². The molecule has 1 aliphatic carbocycles. The first-order chi connectivity index (χ1) is 12.7. The van der Waals surface area contributed by atoms with E-state index in [9.17, 15) is 23.1 Å². The molecule has 1 amide bonds. The Labute approximate surface area is 154 Å². The number of hydrazone groups is 1. The average molecular weight is 386 g/mol. The minimum atomic E-state index is -5.03. The smallest absolute Gasteiger partial charge is 0.439 e. The number of aliphatic hydroxyl groups is 1. The third-order valence-electron chi connectivity index (χ3n) is 5.05. The summed E-state index contributed by atoms with van der Waals surface area (Å²) < 4.78 is 51.4. The minimum absolute atomic E-state index is 0.00780. The number of alkyl halides is 3. The zero-order valence-electron chi connectivity index (χ0n) is 15.0. The SMILES string of the molecule is COc1ccc(OCC(=O)N2N=C3CC[C@H](C)C[C@H]3[C@]2(O)C(F)(F)F)cc1. The molecular weight excluding hydrogens is 365 g/mol. The molecule has 148 valence electrons. The Kier molecular flexibility index (Phi) is 5.07. The number of benzene rings is 1. The van der Waals surface area contributed by atoms with E-state index in [1.165, 1.54) is 19.2 Å². The maximum absolute atomic E-state index is 13.7. The first-order valence-corrected chi connectivity index (χ1v) is 8.63. The first kappa shape index (κ1) is 19.5. The zero-order valence-corrected chi connectivity index (χ0v) is 15.0. The van der Waals surface area contributed by atoms with Crippen LogP contribution < -0.4 is 9.47 Å². The lowest BCUT2D eigenvalue weighted by Crippen LogP contribution is -2.62. The Hall–Kier alpha value is -2.29. The summed E-state index contributed by atoms with van der Waals surface area (Å²) in [5.74, 6) is -1.43. The van der Waals surface area contributed by atoms with Crippen LogP contribution in [0.3, 0.4) is 0 Å². The van der Waals surface area contributed by atoms with Crippen LogP contribution in [0.2, 0.25) is 0 Å². The highest BCUT2D eigenvalue weighted by Gasteiger charge is 2.68. The highest BCUT2D eigenvalue weighted by Crippen LogP contribution is 2.49. The summed E-state index contributed by atoms with van der Waals surface area (Å²) in [5.41, 5.74) is -3.12. The molecule has 0 radical (unpaired) electrons. The molecule has 2 aliphatic rings. The number of fused-ring (bicyclic) bond motifs is 1. The molecule has 0 unspecified atom stereocenters. The van der Waals surface area contributed by atoms with Gasteiger partial charge in [0.25, 0.3) is 11.6 Å². The second-order valence-electron chi connectivity index (χ2n) is 6.92.